The zero-order valence-electron chi connectivity index (χ0n) is 42.1. The van der Waals surface area contributed by atoms with Crippen LogP contribution in [0.2, 0.25) is 0 Å². The molecule has 4 aromatic carbocycles. The Morgan fingerprint density at radius 3 is 1.97 bits per heavy atom. The Kier molecular flexibility index (Phi) is 22.4. The number of fused-ring (bicyclic) bond motifs is 5. The number of halogens is 3. The number of phenolic OH excluding ortho intramolecular Hbond substituents is 2. The van der Waals surface area contributed by atoms with Gasteiger partial charge >= 0.3 is 12.1 Å². The van der Waals surface area contributed by atoms with Crippen molar-refractivity contribution >= 4 is 41.5 Å². The number of carbonyl (C=O) groups excluding carboxylic acids is 6. The molecule has 0 aromatic heterocycles. The minimum Gasteiger partial charge on any atom is -0.542 e. The first-order valence-electron chi connectivity index (χ1n) is 24.6. The fourth-order valence-electron chi connectivity index (χ4n) is 8.23. The second kappa shape index (κ2) is 28.1. The van der Waals surface area contributed by atoms with Crippen molar-refractivity contribution in [2.24, 2.45) is 5.92 Å². The fraction of sp³-hybridized carbons (Fsp3) is 0.426. The van der Waals surface area contributed by atoms with Crippen molar-refractivity contribution < 1.29 is 72.9 Å². The van der Waals surface area contributed by atoms with E-state index in [2.05, 4.69) is 65.1 Å². The van der Waals surface area contributed by atoms with Crippen LogP contribution in [-0.2, 0) is 41.6 Å². The van der Waals surface area contributed by atoms with Crippen LogP contribution in [0.5, 0.6) is 11.5 Å². The van der Waals surface area contributed by atoms with E-state index in [1.165, 1.54) is 88.0 Å². The van der Waals surface area contributed by atoms with Crippen molar-refractivity contribution in [3.05, 3.63) is 107 Å². The molecule has 0 fully saturated rings. The van der Waals surface area contributed by atoms with Crippen molar-refractivity contribution in [1.29, 1.82) is 0 Å². The molecule has 74 heavy (non-hydrogen) atoms. The number of aliphatic carboxylic acids is 2. The summed E-state index contributed by atoms with van der Waals surface area (Å²) in [7, 11) is 1.38. The van der Waals surface area contributed by atoms with E-state index in [4.69, 9.17) is 9.90 Å². The molecule has 1 aliphatic rings. The Morgan fingerprint density at radius 1 is 0.797 bits per heavy atom. The number of aromatic hydroxyl groups is 2. The standard InChI is InChI=1S/C52H66N6O9.C2HF3O2/c1-32(2)11-7-5-6-8-12-34-14-17-36(18-15-34)37-19-21-38(22-20-37)49(63)54-28-26-46(61)56-42(13-9-10-27-53)51(65)58(4)47-39-23-25-45(60)41(31-39)40-29-35(16-24-44(40)59)30-43(52(66)67)57-48(62)33(3)55-50(47)64;3-2(4,5)1(6)7/h14-25,29,31-33,42-43,47,59-60H,5-13,26-28,30,53H2,1-4H3,(H,54,63)(H,55,64)(H,56,61)(H,57,62)(H,66,67);(H,6,7)/t33-,42-,43-,47-;/m0./s1. The highest BCUT2D eigenvalue weighted by atomic mass is 19.4. The lowest BCUT2D eigenvalue weighted by molar-refractivity contribution is -0.368. The number of carboxylic acids is 2. The van der Waals surface area contributed by atoms with E-state index in [0.717, 1.165) is 28.4 Å². The molecule has 4 aromatic rings. The topological polar surface area (TPSA) is 282 Å². The average Bonchev–Trinajstić information content (AvgIpc) is 3.35. The van der Waals surface area contributed by atoms with Gasteiger partial charge in [0.05, 0.1) is 6.54 Å². The minimum atomic E-state index is -5.19. The zero-order valence-corrected chi connectivity index (χ0v) is 42.1. The number of nitrogens with one attached hydrogen (secondary N) is 4. The van der Waals surface area contributed by atoms with Gasteiger partial charge in [0.2, 0.25) is 23.6 Å². The van der Waals surface area contributed by atoms with Gasteiger partial charge in [0.15, 0.2) is 0 Å². The van der Waals surface area contributed by atoms with E-state index in [-0.39, 0.29) is 59.9 Å². The van der Waals surface area contributed by atoms with Crippen LogP contribution in [0.4, 0.5) is 13.2 Å². The largest absolute Gasteiger partial charge is 0.542 e. The average molecular weight is 1030 g/mol. The van der Waals surface area contributed by atoms with Crippen LogP contribution in [0.1, 0.15) is 112 Å². The molecule has 0 aliphatic carbocycles. The van der Waals surface area contributed by atoms with E-state index in [1.54, 1.807) is 12.1 Å². The van der Waals surface area contributed by atoms with Gasteiger partial charge in [0.1, 0.15) is 41.6 Å². The first-order valence-corrected chi connectivity index (χ1v) is 24.6. The molecule has 1 heterocycles. The summed E-state index contributed by atoms with van der Waals surface area (Å²) in [5.41, 5.74) is 8.51. The monoisotopic (exact) mass is 1030 g/mol. The predicted octanol–water partition coefficient (Wildman–Crippen LogP) is 4.73. The lowest BCUT2D eigenvalue weighted by Crippen LogP contribution is -2.55. The molecule has 4 bridgehead atoms. The Bertz CT molecular complexity index is 2570. The van der Waals surface area contributed by atoms with Gasteiger partial charge in [-0.1, -0.05) is 88.1 Å². The van der Waals surface area contributed by atoms with Gasteiger partial charge in [0.25, 0.3) is 5.91 Å². The molecule has 5 amide bonds. The SMILES string of the molecule is CC(C)CCCCCCc1ccc(-c2ccc(C(=O)NCCC(=O)N[C@@H](CCCC[NH3+])C(=O)N(C)[C@@H]3C(=O)N[C@@H](C)C(=O)N[C@H](C(=O)O)Cc4ccc(O)c(c4)-c4cc3ccc4O)cc2)cc1.O=C([O-])C(F)(F)F. The molecule has 5 rings (SSSR count). The van der Waals surface area contributed by atoms with Crippen molar-refractivity contribution in [2.45, 2.75) is 122 Å². The molecule has 20 heteroatoms. The number of rotatable bonds is 20. The molecule has 0 saturated carbocycles. The number of nitrogens with zero attached hydrogens (tertiary/aromatic N) is 1. The molecule has 17 nitrogen and oxygen atoms in total. The minimum absolute atomic E-state index is 0.0146. The third-order valence-electron chi connectivity index (χ3n) is 12.4. The number of likely N-dealkylation sites (N-methyl/N-ethyl adjacent to an activating group) is 1. The van der Waals surface area contributed by atoms with Gasteiger partial charge in [-0.3, -0.25) is 24.0 Å². The normalized spacial score (nSPS) is 16.0. The first-order chi connectivity index (χ1) is 35.0. The molecule has 0 radical (unpaired) electrons. The molecule has 0 unspecified atom stereocenters. The van der Waals surface area contributed by atoms with E-state index >= 15 is 0 Å². The summed E-state index contributed by atoms with van der Waals surface area (Å²) in [6.07, 6.45) is 3.17. The van der Waals surface area contributed by atoms with Crippen molar-refractivity contribution in [3.63, 3.8) is 0 Å². The van der Waals surface area contributed by atoms with Crippen LogP contribution in [0.15, 0.2) is 84.9 Å². The van der Waals surface area contributed by atoms with Crippen molar-refractivity contribution in [3.8, 4) is 33.8 Å². The van der Waals surface area contributed by atoms with Gasteiger partial charge in [0, 0.05) is 43.1 Å². The number of quaternary nitrogens is 1. The van der Waals surface area contributed by atoms with Crippen molar-refractivity contribution in [2.75, 3.05) is 20.1 Å². The van der Waals surface area contributed by atoms with Crippen LogP contribution in [0.25, 0.3) is 22.3 Å². The molecule has 400 valence electrons. The first kappa shape index (κ1) is 59.1. The van der Waals surface area contributed by atoms with E-state index < -0.39 is 65.9 Å². The number of benzene rings is 4. The molecule has 4 atom stereocenters. The van der Waals surface area contributed by atoms with Gasteiger partial charge in [-0.05, 0) is 109 Å². The van der Waals surface area contributed by atoms with Crippen LogP contribution in [0.3, 0.4) is 0 Å². The highest BCUT2D eigenvalue weighted by Gasteiger charge is 2.36. The summed E-state index contributed by atoms with van der Waals surface area (Å²) < 4.78 is 31.5. The smallest absolute Gasteiger partial charge is 0.430 e. The zero-order chi connectivity index (χ0) is 54.7. The Labute approximate surface area is 428 Å². The summed E-state index contributed by atoms with van der Waals surface area (Å²) in [6.45, 7) is 6.48. The van der Waals surface area contributed by atoms with Gasteiger partial charge in [-0.2, -0.15) is 13.2 Å². The van der Waals surface area contributed by atoms with E-state index in [0.29, 0.717) is 30.5 Å². The van der Waals surface area contributed by atoms with Crippen LogP contribution >= 0.6 is 0 Å². The van der Waals surface area contributed by atoms with Gasteiger partial charge in [-0.15, -0.1) is 0 Å². The number of phenols is 2. The Morgan fingerprint density at radius 2 is 1.38 bits per heavy atom. The molecule has 10 N–H and O–H groups in total. The number of unbranched alkanes of at least 4 members (excludes halogenated alkanes) is 4. The highest BCUT2D eigenvalue weighted by molar-refractivity contribution is 5.97. The quantitative estimate of drug-likeness (QED) is 0.0561. The van der Waals surface area contributed by atoms with Crippen LogP contribution in [-0.4, -0.2) is 106 Å². The third kappa shape index (κ3) is 17.9. The fourth-order valence-corrected chi connectivity index (χ4v) is 8.23. The van der Waals surface area contributed by atoms with Crippen LogP contribution in [0, 0.1) is 5.92 Å². The van der Waals surface area contributed by atoms with Gasteiger partial charge < -0.3 is 57.1 Å². The predicted molar refractivity (Wildman–Crippen MR) is 267 cm³/mol. The summed E-state index contributed by atoms with van der Waals surface area (Å²) >= 11 is 0. The maximum Gasteiger partial charge on any atom is 0.430 e. The number of aryl methyl sites for hydroxylation is 1. The summed E-state index contributed by atoms with van der Waals surface area (Å²) in [5, 5.41) is 51.2. The number of carbonyl (C=O) groups is 7. The molecule has 0 spiro atoms. The Balaban J connectivity index is 0.00000158. The Hall–Kier alpha value is -7.48. The summed E-state index contributed by atoms with van der Waals surface area (Å²) in [5.74, 6) is -7.18. The van der Waals surface area contributed by atoms with Gasteiger partial charge in [-0.25, -0.2) is 4.79 Å². The lowest BCUT2D eigenvalue weighted by atomic mass is 9.93. The van der Waals surface area contributed by atoms with E-state index in [9.17, 15) is 57.3 Å². The maximum atomic E-state index is 14.4. The molecule has 1 aliphatic heterocycles. The summed E-state index contributed by atoms with van der Waals surface area (Å²) in [4.78, 5) is 90.5. The molecular formula is C54H67F3N6O11. The molecular weight excluding hydrogens is 966 g/mol. The second-order valence-corrected chi connectivity index (χ2v) is 18.7. The summed E-state index contributed by atoms with van der Waals surface area (Å²) in [6, 6.07) is 19.1. The maximum absolute atomic E-state index is 14.4. The van der Waals surface area contributed by atoms with Crippen molar-refractivity contribution in [1.82, 2.24) is 26.2 Å². The van der Waals surface area contributed by atoms with Crippen LogP contribution < -0.4 is 32.1 Å². The number of alkyl halides is 3. The second-order valence-electron chi connectivity index (χ2n) is 18.7. The lowest BCUT2D eigenvalue weighted by Gasteiger charge is -2.32. The third-order valence-corrected chi connectivity index (χ3v) is 12.4. The number of hydrogen-bond acceptors (Lipinski definition) is 10. The number of hydrogen-bond donors (Lipinski definition) is 8. The highest BCUT2D eigenvalue weighted by Crippen LogP contribution is 2.39. The number of carboxylic acid groups (broad SMARTS) is 2. The number of amides is 5. The van der Waals surface area contributed by atoms with E-state index in [1.807, 2.05) is 12.1 Å². The molecule has 0 saturated heterocycles.